The van der Waals surface area contributed by atoms with Crippen LogP contribution in [0.5, 0.6) is 0 Å². The van der Waals surface area contributed by atoms with Crippen molar-refractivity contribution in [3.05, 3.63) is 30.5 Å². The van der Waals surface area contributed by atoms with Crippen LogP contribution in [0.2, 0.25) is 0 Å². The van der Waals surface area contributed by atoms with Crippen molar-refractivity contribution in [2.24, 2.45) is 0 Å². The molecule has 0 spiro atoms. The van der Waals surface area contributed by atoms with Crippen LogP contribution in [-0.4, -0.2) is 11.2 Å². The van der Waals surface area contributed by atoms with Gasteiger partial charge in [0.05, 0.1) is 11.4 Å². The highest BCUT2D eigenvalue weighted by Crippen LogP contribution is 2.38. The minimum absolute atomic E-state index is 0.0670. The predicted molar refractivity (Wildman–Crippen MR) is 75.8 cm³/mol. The Labute approximate surface area is 118 Å². The van der Waals surface area contributed by atoms with Crippen molar-refractivity contribution in [1.29, 1.82) is 0 Å². The van der Waals surface area contributed by atoms with Gasteiger partial charge in [-0.05, 0) is 33.8 Å². The molecule has 1 aromatic heterocycles. The molecule has 1 aromatic carbocycles. The molecular weight excluding hydrogens is 275 g/mol. The normalized spacial score (nSPS) is 14.9. The molecule has 108 valence electrons. The maximum absolute atomic E-state index is 12.4. The molecule has 0 N–H and O–H groups in total. The molecule has 5 nitrogen and oxygen atoms in total. The quantitative estimate of drug-likeness (QED) is 0.636. The molecule has 20 heavy (non-hydrogen) atoms. The second kappa shape index (κ2) is 5.60. The largest absolute Gasteiger partial charge is 0.775 e. The number of rotatable bonds is 4. The van der Waals surface area contributed by atoms with E-state index < -0.39 is 13.7 Å². The molecular formula is C14H19N2O3P. The molecule has 0 saturated heterocycles. The van der Waals surface area contributed by atoms with E-state index in [-0.39, 0.29) is 11.3 Å². The van der Waals surface area contributed by atoms with Crippen molar-refractivity contribution in [1.82, 2.24) is 5.10 Å². The van der Waals surface area contributed by atoms with Crippen molar-refractivity contribution in [3.63, 3.8) is 0 Å². The highest BCUT2D eigenvalue weighted by Gasteiger charge is 2.24. The van der Waals surface area contributed by atoms with Crippen LogP contribution < -0.4 is 14.9 Å². The second-order valence-corrected chi connectivity index (χ2v) is 6.94. The molecule has 0 aliphatic carbocycles. The fourth-order valence-corrected chi connectivity index (χ4v) is 3.36. The third-order valence-corrected chi connectivity index (χ3v) is 4.48. The lowest BCUT2D eigenvalue weighted by Crippen LogP contribution is -2.43. The van der Waals surface area contributed by atoms with E-state index in [0.29, 0.717) is 10.9 Å². The maximum atomic E-state index is 12.4. The molecule has 0 aliphatic heterocycles. The average Bonchev–Trinajstić information content (AvgIpc) is 2.35. The number of nitrogens with zero attached hydrogens (tertiary/aromatic N) is 2. The summed E-state index contributed by atoms with van der Waals surface area (Å²) in [5.74, 6) is 0. The van der Waals surface area contributed by atoms with Gasteiger partial charge in [0.25, 0.3) is 0 Å². The number of aromatic nitrogens is 2. The molecule has 2 aromatic rings. The van der Waals surface area contributed by atoms with Gasteiger partial charge in [-0.1, -0.05) is 22.9 Å². The highest BCUT2D eigenvalue weighted by atomic mass is 31.2. The van der Waals surface area contributed by atoms with Crippen molar-refractivity contribution >= 4 is 23.8 Å². The summed E-state index contributed by atoms with van der Waals surface area (Å²) in [7, 11) is -4.12. The van der Waals surface area contributed by atoms with Crippen molar-refractivity contribution in [2.45, 2.75) is 39.8 Å². The zero-order valence-corrected chi connectivity index (χ0v) is 13.0. The van der Waals surface area contributed by atoms with E-state index in [2.05, 4.69) is 5.10 Å². The Morgan fingerprint density at radius 3 is 2.50 bits per heavy atom. The first-order chi connectivity index (χ1) is 9.31. The lowest BCUT2D eigenvalue weighted by molar-refractivity contribution is -0.768. The zero-order valence-electron chi connectivity index (χ0n) is 12.1. The molecule has 0 fully saturated rings. The molecule has 0 radical (unpaired) electrons. The molecule has 1 unspecified atom stereocenters. The van der Waals surface area contributed by atoms with Gasteiger partial charge in [-0.15, -0.1) is 0 Å². The summed E-state index contributed by atoms with van der Waals surface area (Å²) in [6, 6.07) is 7.24. The van der Waals surface area contributed by atoms with Crippen LogP contribution in [0, 0.1) is 0 Å². The van der Waals surface area contributed by atoms with Crippen molar-refractivity contribution in [2.75, 3.05) is 0 Å². The third kappa shape index (κ3) is 3.06. The average molecular weight is 294 g/mol. The minimum atomic E-state index is -4.12. The maximum Gasteiger partial charge on any atom is 0.209 e. The monoisotopic (exact) mass is 294 g/mol. The van der Waals surface area contributed by atoms with Gasteiger partial charge in [-0.3, -0.25) is 0 Å². The Kier molecular flexibility index (Phi) is 4.23. The molecule has 1 atom stereocenters. The van der Waals surface area contributed by atoms with E-state index in [0.717, 1.165) is 0 Å². The number of hydrogen-bond acceptors (Lipinski definition) is 4. The van der Waals surface area contributed by atoms with Crippen LogP contribution >= 0.6 is 7.60 Å². The van der Waals surface area contributed by atoms with Gasteiger partial charge in [0.15, 0.2) is 13.6 Å². The standard InChI is InChI=1S/C14H19N2O3P/c1-10(2)16-9-14(20(17,18)19-11(3)4)12-7-5-6-8-13(12)15-16/h5-11H,1-4H3. The Balaban J connectivity index is 2.70. The fourth-order valence-electron chi connectivity index (χ4n) is 1.94. The minimum Gasteiger partial charge on any atom is -0.775 e. The lowest BCUT2D eigenvalue weighted by atomic mass is 10.2. The van der Waals surface area contributed by atoms with Crippen LogP contribution in [0.1, 0.15) is 33.7 Å². The molecule has 0 aliphatic rings. The summed E-state index contributed by atoms with van der Waals surface area (Å²) in [5.41, 5.74) is 0.641. The predicted octanol–water partition coefficient (Wildman–Crippen LogP) is 1.71. The summed E-state index contributed by atoms with van der Waals surface area (Å²) in [6.45, 7) is 7.30. The molecule has 6 heteroatoms. The first-order valence-corrected chi connectivity index (χ1v) is 8.17. The molecule has 0 amide bonds. The lowest BCUT2D eigenvalue weighted by Gasteiger charge is -2.25. The van der Waals surface area contributed by atoms with Crippen LogP contribution in [0.3, 0.4) is 0 Å². The van der Waals surface area contributed by atoms with Gasteiger partial charge in [-0.25, -0.2) is 0 Å². The van der Waals surface area contributed by atoms with Gasteiger partial charge < -0.3 is 14.0 Å². The Bertz CT molecular complexity index is 671. The van der Waals surface area contributed by atoms with E-state index in [1.54, 1.807) is 42.9 Å². The van der Waals surface area contributed by atoms with E-state index in [1.165, 1.54) is 0 Å². The third-order valence-electron chi connectivity index (χ3n) is 2.83. The zero-order chi connectivity index (χ0) is 14.9. The van der Waals surface area contributed by atoms with Gasteiger partial charge in [-0.2, -0.15) is 0 Å². The molecule has 0 bridgehead atoms. The fraction of sp³-hybridized carbons (Fsp3) is 0.429. The number of hydrogen-bond donors (Lipinski definition) is 0. The van der Waals surface area contributed by atoms with E-state index in [9.17, 15) is 9.46 Å². The van der Waals surface area contributed by atoms with Gasteiger partial charge >= 0.3 is 0 Å². The van der Waals surface area contributed by atoms with Crippen LogP contribution in [-0.2, 0) is 9.09 Å². The summed E-state index contributed by atoms with van der Waals surface area (Å²) in [6.07, 6.45) is 1.15. The summed E-state index contributed by atoms with van der Waals surface area (Å²) >= 11 is 0. The highest BCUT2D eigenvalue weighted by molar-refractivity contribution is 7.60. The molecule has 0 saturated carbocycles. The Hall–Kier alpha value is -1.29. The first-order valence-electron chi connectivity index (χ1n) is 6.62. The summed E-state index contributed by atoms with van der Waals surface area (Å²) in [4.78, 5) is 12.4. The number of fused-ring (bicyclic) bond motifs is 1. The number of benzene rings is 1. The van der Waals surface area contributed by atoms with Crippen LogP contribution in [0.4, 0.5) is 0 Å². The van der Waals surface area contributed by atoms with Crippen LogP contribution in [0.25, 0.3) is 10.9 Å². The summed E-state index contributed by atoms with van der Waals surface area (Å²) < 4.78 is 19.2. The van der Waals surface area contributed by atoms with Crippen molar-refractivity contribution in [3.8, 4) is 0 Å². The van der Waals surface area contributed by atoms with Gasteiger partial charge in [0, 0.05) is 10.5 Å². The SMILES string of the molecule is CC(C)OP(=O)([O-])c1c[n+](C(C)C)nc2ccccc12. The smallest absolute Gasteiger partial charge is 0.209 e. The molecule has 2 rings (SSSR count). The van der Waals surface area contributed by atoms with Crippen LogP contribution in [0.15, 0.2) is 30.5 Å². The van der Waals surface area contributed by atoms with E-state index >= 15 is 0 Å². The van der Waals surface area contributed by atoms with E-state index in [1.807, 2.05) is 19.9 Å². The van der Waals surface area contributed by atoms with Gasteiger partial charge in [0.1, 0.15) is 5.52 Å². The summed E-state index contributed by atoms with van der Waals surface area (Å²) in [5, 5.41) is 5.20. The topological polar surface area (TPSA) is 66.1 Å². The second-order valence-electron chi connectivity index (χ2n) is 5.26. The molecule has 1 heterocycles. The van der Waals surface area contributed by atoms with Gasteiger partial charge in [0.2, 0.25) is 6.20 Å². The van der Waals surface area contributed by atoms with Crippen molar-refractivity contribution < 1.29 is 18.7 Å². The first kappa shape index (κ1) is 15.1. The van der Waals surface area contributed by atoms with E-state index in [4.69, 9.17) is 4.52 Å². The Morgan fingerprint density at radius 2 is 1.90 bits per heavy atom. The Morgan fingerprint density at radius 1 is 1.25 bits per heavy atom.